The molecule has 0 amide bonds. The molecule has 1 spiro atoms. The first-order valence-corrected chi connectivity index (χ1v) is 8.62. The van der Waals surface area contributed by atoms with Crippen molar-refractivity contribution in [1.82, 2.24) is 5.43 Å². The summed E-state index contributed by atoms with van der Waals surface area (Å²) in [6.45, 7) is 1.72. The lowest BCUT2D eigenvalue weighted by Crippen LogP contribution is -2.50. The number of nitrogens with one attached hydrogen (secondary N) is 1. The van der Waals surface area contributed by atoms with Crippen molar-refractivity contribution in [3.63, 3.8) is 0 Å². The molecule has 2 unspecified atom stereocenters. The van der Waals surface area contributed by atoms with Crippen LogP contribution in [0.1, 0.15) is 38.5 Å². The van der Waals surface area contributed by atoms with Crippen LogP contribution in [-0.4, -0.2) is 43.5 Å². The normalized spacial score (nSPS) is 28.4. The topological polar surface area (TPSA) is 56.5 Å². The Bertz CT molecular complexity index is 254. The van der Waals surface area contributed by atoms with Crippen molar-refractivity contribution in [3.8, 4) is 0 Å². The zero-order chi connectivity index (χ0) is 13.6. The van der Waals surface area contributed by atoms with E-state index in [-0.39, 0.29) is 5.60 Å². The van der Waals surface area contributed by atoms with E-state index in [1.54, 1.807) is 7.11 Å². The molecule has 2 atom stereocenters. The van der Waals surface area contributed by atoms with Gasteiger partial charge < -0.3 is 9.47 Å². The number of thioether (sulfide) groups is 1. The highest BCUT2D eigenvalue weighted by molar-refractivity contribution is 7.99. The molecule has 0 saturated carbocycles. The Hall–Kier alpha value is 0.190. The number of nitrogens with two attached hydrogens (primary N) is 1. The average molecular weight is 288 g/mol. The van der Waals surface area contributed by atoms with Gasteiger partial charge in [-0.2, -0.15) is 11.8 Å². The molecule has 2 heterocycles. The lowest BCUT2D eigenvalue weighted by Gasteiger charge is -2.45. The fraction of sp³-hybridized carbons (Fsp3) is 1.00. The van der Waals surface area contributed by atoms with Gasteiger partial charge in [-0.15, -0.1) is 0 Å². The molecule has 0 aromatic carbocycles. The molecule has 0 aliphatic carbocycles. The maximum absolute atomic E-state index is 6.15. The van der Waals surface area contributed by atoms with Gasteiger partial charge in [0.1, 0.15) is 0 Å². The van der Waals surface area contributed by atoms with E-state index in [0.717, 1.165) is 32.5 Å². The first kappa shape index (κ1) is 15.6. The maximum atomic E-state index is 6.15. The molecule has 0 bridgehead atoms. The van der Waals surface area contributed by atoms with Crippen molar-refractivity contribution in [1.29, 1.82) is 0 Å². The van der Waals surface area contributed by atoms with Crippen LogP contribution in [0.2, 0.25) is 0 Å². The molecule has 112 valence electrons. The van der Waals surface area contributed by atoms with Crippen LogP contribution in [0.15, 0.2) is 0 Å². The third-order valence-electron chi connectivity index (χ3n) is 4.58. The van der Waals surface area contributed by atoms with Gasteiger partial charge in [-0.3, -0.25) is 11.3 Å². The predicted octanol–water partition coefficient (Wildman–Crippen LogP) is 1.94. The van der Waals surface area contributed by atoms with E-state index in [9.17, 15) is 0 Å². The lowest BCUT2D eigenvalue weighted by molar-refractivity contribution is -0.107. The molecule has 5 heteroatoms. The Morgan fingerprint density at radius 3 is 2.95 bits per heavy atom. The van der Waals surface area contributed by atoms with Gasteiger partial charge in [0.15, 0.2) is 0 Å². The Kier molecular flexibility index (Phi) is 6.42. The predicted molar refractivity (Wildman–Crippen MR) is 80.2 cm³/mol. The molecule has 0 aromatic rings. The number of ether oxygens (including phenoxy) is 2. The van der Waals surface area contributed by atoms with Gasteiger partial charge in [-0.25, -0.2) is 0 Å². The van der Waals surface area contributed by atoms with Crippen molar-refractivity contribution in [2.24, 2.45) is 11.8 Å². The summed E-state index contributed by atoms with van der Waals surface area (Å²) in [5.74, 6) is 8.91. The van der Waals surface area contributed by atoms with Crippen LogP contribution in [0.3, 0.4) is 0 Å². The summed E-state index contributed by atoms with van der Waals surface area (Å²) in [4.78, 5) is 0. The highest BCUT2D eigenvalue weighted by Gasteiger charge is 2.40. The molecule has 2 aliphatic rings. The molecule has 0 radical (unpaired) electrons. The van der Waals surface area contributed by atoms with Crippen molar-refractivity contribution in [2.45, 2.75) is 50.2 Å². The fourth-order valence-electron chi connectivity index (χ4n) is 3.40. The molecule has 2 fully saturated rings. The van der Waals surface area contributed by atoms with Gasteiger partial charge in [0.2, 0.25) is 0 Å². The Labute approximate surface area is 121 Å². The van der Waals surface area contributed by atoms with E-state index in [1.807, 2.05) is 0 Å². The van der Waals surface area contributed by atoms with Crippen LogP contribution in [0.25, 0.3) is 0 Å². The van der Waals surface area contributed by atoms with E-state index in [1.165, 1.54) is 30.8 Å². The Morgan fingerprint density at radius 1 is 1.47 bits per heavy atom. The number of hydrogen-bond donors (Lipinski definition) is 2. The Balaban J connectivity index is 1.87. The zero-order valence-electron chi connectivity index (χ0n) is 12.0. The monoisotopic (exact) mass is 288 g/mol. The molecule has 3 N–H and O–H groups in total. The SMILES string of the molecule is COCCCC(NN)C1CCOC2(CCSCC2)C1. The first-order valence-electron chi connectivity index (χ1n) is 7.46. The van der Waals surface area contributed by atoms with E-state index >= 15 is 0 Å². The Morgan fingerprint density at radius 2 is 2.26 bits per heavy atom. The minimum absolute atomic E-state index is 0.157. The first-order chi connectivity index (χ1) is 9.29. The molecule has 4 nitrogen and oxygen atoms in total. The van der Waals surface area contributed by atoms with Gasteiger partial charge in [-0.1, -0.05) is 0 Å². The van der Waals surface area contributed by atoms with Gasteiger partial charge in [0, 0.05) is 26.4 Å². The molecular formula is C14H28N2O2S. The van der Waals surface area contributed by atoms with E-state index < -0.39 is 0 Å². The molecule has 2 saturated heterocycles. The summed E-state index contributed by atoms with van der Waals surface area (Å²) < 4.78 is 11.3. The second-order valence-electron chi connectivity index (χ2n) is 5.80. The highest BCUT2D eigenvalue weighted by atomic mass is 32.2. The zero-order valence-corrected chi connectivity index (χ0v) is 12.8. The third kappa shape index (κ3) is 4.33. The van der Waals surface area contributed by atoms with Crippen molar-refractivity contribution in [3.05, 3.63) is 0 Å². The maximum Gasteiger partial charge on any atom is 0.0701 e. The van der Waals surface area contributed by atoms with E-state index in [2.05, 4.69) is 17.2 Å². The highest BCUT2D eigenvalue weighted by Crippen LogP contribution is 2.41. The summed E-state index contributed by atoms with van der Waals surface area (Å²) in [5.41, 5.74) is 3.19. The summed E-state index contributed by atoms with van der Waals surface area (Å²) >= 11 is 2.06. The standard InChI is InChI=1S/C14H28N2O2S/c1-17-7-2-3-13(16-15)12-4-8-18-14(11-12)5-9-19-10-6-14/h12-13,16H,2-11,15H2,1H3. The quantitative estimate of drug-likeness (QED) is 0.444. The van der Waals surface area contributed by atoms with Crippen LogP contribution in [0, 0.1) is 5.92 Å². The van der Waals surface area contributed by atoms with Crippen LogP contribution >= 0.6 is 11.8 Å². The van der Waals surface area contributed by atoms with Crippen LogP contribution in [0.5, 0.6) is 0 Å². The second kappa shape index (κ2) is 7.84. The third-order valence-corrected chi connectivity index (χ3v) is 5.57. The van der Waals surface area contributed by atoms with Crippen LogP contribution in [0.4, 0.5) is 0 Å². The van der Waals surface area contributed by atoms with Crippen molar-refractivity contribution in [2.75, 3.05) is 31.8 Å². The average Bonchev–Trinajstić information content (AvgIpc) is 2.44. The second-order valence-corrected chi connectivity index (χ2v) is 7.03. The molecule has 19 heavy (non-hydrogen) atoms. The van der Waals surface area contributed by atoms with Crippen molar-refractivity contribution >= 4 is 11.8 Å². The van der Waals surface area contributed by atoms with E-state index in [0.29, 0.717) is 12.0 Å². The van der Waals surface area contributed by atoms with Crippen molar-refractivity contribution < 1.29 is 9.47 Å². The van der Waals surface area contributed by atoms with Gasteiger partial charge in [0.05, 0.1) is 5.60 Å². The van der Waals surface area contributed by atoms with Gasteiger partial charge >= 0.3 is 0 Å². The van der Waals surface area contributed by atoms with Crippen LogP contribution < -0.4 is 11.3 Å². The molecular weight excluding hydrogens is 260 g/mol. The van der Waals surface area contributed by atoms with Gasteiger partial charge in [-0.05, 0) is 55.9 Å². The molecule has 2 aliphatic heterocycles. The van der Waals surface area contributed by atoms with Crippen LogP contribution in [-0.2, 0) is 9.47 Å². The largest absolute Gasteiger partial charge is 0.385 e. The molecule has 2 rings (SSSR count). The summed E-state index contributed by atoms with van der Waals surface area (Å²) in [6.07, 6.45) is 6.91. The van der Waals surface area contributed by atoms with Gasteiger partial charge in [0.25, 0.3) is 0 Å². The summed E-state index contributed by atoms with van der Waals surface area (Å²) in [6, 6.07) is 0.408. The number of hydrazine groups is 1. The molecule has 0 aromatic heterocycles. The minimum Gasteiger partial charge on any atom is -0.385 e. The number of hydrogen-bond acceptors (Lipinski definition) is 5. The fourth-order valence-corrected chi connectivity index (χ4v) is 4.64. The number of methoxy groups -OCH3 is 1. The minimum atomic E-state index is 0.157. The summed E-state index contributed by atoms with van der Waals surface area (Å²) in [5, 5.41) is 0. The van der Waals surface area contributed by atoms with E-state index in [4.69, 9.17) is 15.3 Å². The lowest BCUT2D eigenvalue weighted by atomic mass is 9.78. The smallest absolute Gasteiger partial charge is 0.0701 e. The summed E-state index contributed by atoms with van der Waals surface area (Å²) in [7, 11) is 1.76. The number of rotatable bonds is 6.